The Kier molecular flexibility index (Phi) is 5.75. The molecule has 0 aliphatic heterocycles. The number of hydrogen-bond acceptors (Lipinski definition) is 3. The first-order valence-electron chi connectivity index (χ1n) is 8.56. The summed E-state index contributed by atoms with van der Waals surface area (Å²) in [7, 11) is -3.72. The Labute approximate surface area is 163 Å². The van der Waals surface area contributed by atoms with Gasteiger partial charge in [-0.15, -0.1) is 0 Å². The number of rotatable bonds is 6. The standard InChI is InChI=1S/C21H19FN2O3S/c1-15-2-8-19(9-3-15)24-28(26,27)20-12-10-18(11-13-20)23-21(25)14-16-4-6-17(22)7-5-16/h2-13,24H,14H2,1H3,(H,23,25). The molecule has 3 aromatic carbocycles. The number of carbonyl (C=O) groups is 1. The molecule has 28 heavy (non-hydrogen) atoms. The van der Waals surface area contributed by atoms with Crippen LogP contribution in [0.5, 0.6) is 0 Å². The first kappa shape index (κ1) is 19.6. The molecule has 5 nitrogen and oxygen atoms in total. The van der Waals surface area contributed by atoms with E-state index in [0.717, 1.165) is 5.56 Å². The van der Waals surface area contributed by atoms with E-state index in [2.05, 4.69) is 10.0 Å². The molecule has 0 spiro atoms. The van der Waals surface area contributed by atoms with Crippen LogP contribution < -0.4 is 10.0 Å². The molecule has 2 N–H and O–H groups in total. The maximum atomic E-state index is 12.9. The second-order valence-corrected chi connectivity index (χ2v) is 8.03. The topological polar surface area (TPSA) is 75.3 Å². The summed E-state index contributed by atoms with van der Waals surface area (Å²) in [6.07, 6.45) is 0.0926. The Morgan fingerprint density at radius 1 is 0.857 bits per heavy atom. The summed E-state index contributed by atoms with van der Waals surface area (Å²) in [5.74, 6) is -0.639. The van der Waals surface area contributed by atoms with E-state index in [0.29, 0.717) is 16.9 Å². The van der Waals surface area contributed by atoms with Crippen molar-refractivity contribution in [1.82, 2.24) is 0 Å². The molecule has 0 heterocycles. The molecule has 0 fully saturated rings. The van der Waals surface area contributed by atoms with Gasteiger partial charge in [-0.25, -0.2) is 12.8 Å². The highest BCUT2D eigenvalue weighted by atomic mass is 32.2. The molecule has 0 atom stereocenters. The van der Waals surface area contributed by atoms with Crippen molar-refractivity contribution in [2.75, 3.05) is 10.0 Å². The van der Waals surface area contributed by atoms with Gasteiger partial charge >= 0.3 is 0 Å². The number of benzene rings is 3. The second-order valence-electron chi connectivity index (χ2n) is 6.35. The Bertz CT molecular complexity index is 1060. The summed E-state index contributed by atoms with van der Waals surface area (Å²) in [6, 6.07) is 18.6. The van der Waals surface area contributed by atoms with Crippen LogP contribution in [0.15, 0.2) is 77.7 Å². The Balaban J connectivity index is 1.64. The lowest BCUT2D eigenvalue weighted by Gasteiger charge is -2.10. The van der Waals surface area contributed by atoms with E-state index in [4.69, 9.17) is 0 Å². The third-order valence-electron chi connectivity index (χ3n) is 4.03. The molecule has 0 aromatic heterocycles. The van der Waals surface area contributed by atoms with Crippen LogP contribution >= 0.6 is 0 Å². The summed E-state index contributed by atoms with van der Waals surface area (Å²) in [5.41, 5.74) is 2.66. The summed E-state index contributed by atoms with van der Waals surface area (Å²) in [6.45, 7) is 1.92. The fraction of sp³-hybridized carbons (Fsp3) is 0.0952. The van der Waals surface area contributed by atoms with Crippen LogP contribution in [-0.2, 0) is 21.2 Å². The van der Waals surface area contributed by atoms with Crippen LogP contribution in [0, 0.1) is 12.7 Å². The predicted molar refractivity (Wildman–Crippen MR) is 107 cm³/mol. The summed E-state index contributed by atoms with van der Waals surface area (Å²) < 4.78 is 40.3. The molecule has 0 radical (unpaired) electrons. The third-order valence-corrected chi connectivity index (χ3v) is 5.43. The molecule has 0 bridgehead atoms. The Morgan fingerprint density at radius 2 is 1.43 bits per heavy atom. The summed E-state index contributed by atoms with van der Waals surface area (Å²) >= 11 is 0. The van der Waals surface area contributed by atoms with Crippen LogP contribution in [0.25, 0.3) is 0 Å². The molecule has 0 aliphatic rings. The maximum Gasteiger partial charge on any atom is 0.261 e. The molecule has 3 rings (SSSR count). The van der Waals surface area contributed by atoms with E-state index in [-0.39, 0.29) is 23.0 Å². The fourth-order valence-electron chi connectivity index (χ4n) is 2.55. The number of sulfonamides is 1. The van der Waals surface area contributed by atoms with Crippen LogP contribution in [0.3, 0.4) is 0 Å². The van der Waals surface area contributed by atoms with E-state index in [1.165, 1.54) is 36.4 Å². The van der Waals surface area contributed by atoms with Crippen LogP contribution in [0.2, 0.25) is 0 Å². The average molecular weight is 398 g/mol. The number of carbonyl (C=O) groups excluding carboxylic acids is 1. The van der Waals surface area contributed by atoms with Gasteiger partial charge in [-0.3, -0.25) is 9.52 Å². The van der Waals surface area contributed by atoms with Gasteiger partial charge in [-0.05, 0) is 61.0 Å². The highest BCUT2D eigenvalue weighted by Crippen LogP contribution is 2.19. The lowest BCUT2D eigenvalue weighted by molar-refractivity contribution is -0.115. The van der Waals surface area contributed by atoms with Gasteiger partial charge in [0.05, 0.1) is 11.3 Å². The number of halogens is 1. The molecular weight excluding hydrogens is 379 g/mol. The Morgan fingerprint density at radius 3 is 2.04 bits per heavy atom. The number of hydrogen-bond donors (Lipinski definition) is 2. The molecular formula is C21H19FN2O3S. The monoisotopic (exact) mass is 398 g/mol. The number of nitrogens with one attached hydrogen (secondary N) is 2. The molecule has 1 amide bonds. The van der Waals surface area contributed by atoms with Crippen molar-refractivity contribution < 1.29 is 17.6 Å². The van der Waals surface area contributed by atoms with Gasteiger partial charge in [-0.1, -0.05) is 29.8 Å². The first-order valence-corrected chi connectivity index (χ1v) is 10.0. The van der Waals surface area contributed by atoms with Crippen molar-refractivity contribution >= 4 is 27.3 Å². The zero-order valence-electron chi connectivity index (χ0n) is 15.1. The molecule has 0 saturated heterocycles. The van der Waals surface area contributed by atoms with Crippen molar-refractivity contribution in [3.05, 3.63) is 89.7 Å². The molecule has 144 valence electrons. The van der Waals surface area contributed by atoms with Gasteiger partial charge in [0.1, 0.15) is 5.82 Å². The predicted octanol–water partition coefficient (Wildman–Crippen LogP) is 4.12. The van der Waals surface area contributed by atoms with E-state index in [9.17, 15) is 17.6 Å². The lowest BCUT2D eigenvalue weighted by atomic mass is 10.1. The highest BCUT2D eigenvalue weighted by Gasteiger charge is 2.14. The van der Waals surface area contributed by atoms with Gasteiger partial charge in [0.2, 0.25) is 5.91 Å². The van der Waals surface area contributed by atoms with Crippen molar-refractivity contribution in [2.24, 2.45) is 0 Å². The average Bonchev–Trinajstić information content (AvgIpc) is 2.66. The number of aryl methyl sites for hydroxylation is 1. The molecule has 7 heteroatoms. The van der Waals surface area contributed by atoms with Crippen molar-refractivity contribution in [3.63, 3.8) is 0 Å². The first-order chi connectivity index (χ1) is 13.3. The normalized spacial score (nSPS) is 11.1. The van der Waals surface area contributed by atoms with Gasteiger partial charge in [-0.2, -0.15) is 0 Å². The maximum absolute atomic E-state index is 12.9. The zero-order chi connectivity index (χ0) is 20.1. The van der Waals surface area contributed by atoms with Crippen LogP contribution in [-0.4, -0.2) is 14.3 Å². The van der Waals surface area contributed by atoms with Gasteiger partial charge in [0.15, 0.2) is 0 Å². The Hall–Kier alpha value is -3.19. The number of amides is 1. The van der Waals surface area contributed by atoms with Crippen molar-refractivity contribution in [1.29, 1.82) is 0 Å². The molecule has 3 aromatic rings. The SMILES string of the molecule is Cc1ccc(NS(=O)(=O)c2ccc(NC(=O)Cc3ccc(F)cc3)cc2)cc1. The van der Waals surface area contributed by atoms with E-state index >= 15 is 0 Å². The van der Waals surface area contributed by atoms with Crippen LogP contribution in [0.4, 0.5) is 15.8 Å². The minimum atomic E-state index is -3.72. The molecule has 0 aliphatic carbocycles. The van der Waals surface area contributed by atoms with Crippen LogP contribution in [0.1, 0.15) is 11.1 Å². The summed E-state index contributed by atoms with van der Waals surface area (Å²) in [5, 5.41) is 2.69. The largest absolute Gasteiger partial charge is 0.326 e. The minimum Gasteiger partial charge on any atom is -0.326 e. The van der Waals surface area contributed by atoms with Crippen molar-refractivity contribution in [3.8, 4) is 0 Å². The second kappa shape index (κ2) is 8.22. The highest BCUT2D eigenvalue weighted by molar-refractivity contribution is 7.92. The minimum absolute atomic E-state index is 0.0876. The van der Waals surface area contributed by atoms with Gasteiger partial charge in [0, 0.05) is 11.4 Å². The third kappa shape index (κ3) is 5.17. The van der Waals surface area contributed by atoms with E-state index in [1.807, 2.05) is 19.1 Å². The molecule has 0 saturated carbocycles. The quantitative estimate of drug-likeness (QED) is 0.656. The zero-order valence-corrected chi connectivity index (χ0v) is 16.0. The fourth-order valence-corrected chi connectivity index (χ4v) is 3.60. The van der Waals surface area contributed by atoms with E-state index in [1.54, 1.807) is 24.3 Å². The lowest BCUT2D eigenvalue weighted by Crippen LogP contribution is -2.15. The number of anilines is 2. The van der Waals surface area contributed by atoms with Crippen molar-refractivity contribution in [2.45, 2.75) is 18.2 Å². The van der Waals surface area contributed by atoms with E-state index < -0.39 is 10.0 Å². The van der Waals surface area contributed by atoms with Gasteiger partial charge < -0.3 is 5.32 Å². The van der Waals surface area contributed by atoms with Gasteiger partial charge in [0.25, 0.3) is 10.0 Å². The summed E-state index contributed by atoms with van der Waals surface area (Å²) in [4.78, 5) is 12.2. The smallest absolute Gasteiger partial charge is 0.261 e. The molecule has 0 unspecified atom stereocenters.